The van der Waals surface area contributed by atoms with Crippen molar-refractivity contribution in [1.82, 2.24) is 10.2 Å². The highest BCUT2D eigenvalue weighted by Crippen LogP contribution is 2.36. The van der Waals surface area contributed by atoms with E-state index in [0.717, 1.165) is 17.7 Å². The third-order valence-electron chi connectivity index (χ3n) is 6.04. The second-order valence-electron chi connectivity index (χ2n) is 8.39. The van der Waals surface area contributed by atoms with Crippen LogP contribution in [0.25, 0.3) is 0 Å². The van der Waals surface area contributed by atoms with Crippen LogP contribution >= 0.6 is 0 Å². The van der Waals surface area contributed by atoms with Gasteiger partial charge in [0.15, 0.2) is 11.5 Å². The zero-order valence-corrected chi connectivity index (χ0v) is 19.9. The van der Waals surface area contributed by atoms with Crippen LogP contribution in [0, 0.1) is 5.92 Å². The van der Waals surface area contributed by atoms with Crippen LogP contribution in [0.1, 0.15) is 29.0 Å². The van der Waals surface area contributed by atoms with Crippen LogP contribution in [0.4, 0.5) is 13.2 Å². The minimum Gasteiger partial charge on any atom is -0.493 e. The molecule has 1 saturated heterocycles. The Balaban J connectivity index is 1.77. The van der Waals surface area contributed by atoms with E-state index >= 15 is 0 Å². The number of halogens is 3. The molecule has 0 spiro atoms. The number of carbonyl (C=O) groups is 2. The smallest absolute Gasteiger partial charge is 0.416 e. The molecule has 2 atom stereocenters. The van der Waals surface area contributed by atoms with Gasteiger partial charge in [-0.3, -0.25) is 9.59 Å². The van der Waals surface area contributed by atoms with E-state index in [2.05, 4.69) is 5.32 Å². The summed E-state index contributed by atoms with van der Waals surface area (Å²) in [5.74, 6) is -0.177. The molecule has 3 rings (SSSR count). The first-order chi connectivity index (χ1) is 16.7. The Bertz CT molecular complexity index is 1040. The number of rotatable bonds is 8. The normalized spacial score (nSPS) is 18.2. The molecule has 2 aromatic rings. The van der Waals surface area contributed by atoms with Crippen molar-refractivity contribution in [1.29, 1.82) is 0 Å². The molecule has 2 unspecified atom stereocenters. The first-order valence-corrected chi connectivity index (χ1v) is 11.1. The summed E-state index contributed by atoms with van der Waals surface area (Å²) >= 11 is 0. The molecule has 1 N–H and O–H groups in total. The number of benzene rings is 2. The Labute approximate surface area is 202 Å². The summed E-state index contributed by atoms with van der Waals surface area (Å²) in [6.45, 7) is 0.430. The fourth-order valence-electron chi connectivity index (χ4n) is 4.25. The van der Waals surface area contributed by atoms with Crippen molar-refractivity contribution in [2.24, 2.45) is 5.92 Å². The summed E-state index contributed by atoms with van der Waals surface area (Å²) in [4.78, 5) is 27.2. The van der Waals surface area contributed by atoms with E-state index in [1.54, 1.807) is 11.0 Å². The number of nitrogens with one attached hydrogen (secondary N) is 1. The number of amides is 2. The van der Waals surface area contributed by atoms with Crippen molar-refractivity contribution in [3.8, 4) is 11.5 Å². The van der Waals surface area contributed by atoms with Gasteiger partial charge in [-0.1, -0.05) is 18.2 Å². The molecule has 2 amide bonds. The largest absolute Gasteiger partial charge is 0.493 e. The van der Waals surface area contributed by atoms with Crippen LogP contribution in [0.15, 0.2) is 42.5 Å². The Morgan fingerprint density at radius 3 is 2.43 bits per heavy atom. The van der Waals surface area contributed by atoms with Gasteiger partial charge < -0.3 is 24.4 Å². The van der Waals surface area contributed by atoms with Crippen LogP contribution in [0.3, 0.4) is 0 Å². The third-order valence-corrected chi connectivity index (χ3v) is 6.04. The second kappa shape index (κ2) is 11.4. The zero-order valence-electron chi connectivity index (χ0n) is 19.9. The van der Waals surface area contributed by atoms with Crippen LogP contribution < -0.4 is 14.8 Å². The van der Waals surface area contributed by atoms with Crippen LogP contribution in [0.5, 0.6) is 11.5 Å². The first-order valence-electron chi connectivity index (χ1n) is 11.1. The molecule has 190 valence electrons. The number of likely N-dealkylation sites (tertiary alicyclic amines) is 1. The van der Waals surface area contributed by atoms with E-state index < -0.39 is 17.7 Å². The molecule has 0 saturated carbocycles. The van der Waals surface area contributed by atoms with Gasteiger partial charge in [0, 0.05) is 32.7 Å². The lowest BCUT2D eigenvalue weighted by Gasteiger charge is -2.37. The maximum Gasteiger partial charge on any atom is 0.416 e. The Morgan fingerprint density at radius 1 is 1.03 bits per heavy atom. The third kappa shape index (κ3) is 6.66. The lowest BCUT2D eigenvalue weighted by atomic mass is 9.83. The topological polar surface area (TPSA) is 77.1 Å². The molecule has 7 nitrogen and oxygen atoms in total. The van der Waals surface area contributed by atoms with E-state index in [9.17, 15) is 22.8 Å². The number of ether oxygens (including phenoxy) is 3. The predicted molar refractivity (Wildman–Crippen MR) is 122 cm³/mol. The van der Waals surface area contributed by atoms with E-state index in [1.165, 1.54) is 33.5 Å². The highest BCUT2D eigenvalue weighted by molar-refractivity contribution is 5.82. The SMILES string of the molecule is COCC(=O)N1CC(C(=O)NCc2cccc(C(F)(F)F)c2)CC(c2ccc(OC)c(OC)c2)C1. The van der Waals surface area contributed by atoms with Gasteiger partial charge in [-0.05, 0) is 41.8 Å². The zero-order chi connectivity index (χ0) is 25.6. The monoisotopic (exact) mass is 494 g/mol. The molecule has 35 heavy (non-hydrogen) atoms. The number of methoxy groups -OCH3 is 3. The van der Waals surface area contributed by atoms with Crippen LogP contribution in [-0.2, 0) is 27.0 Å². The number of hydrogen-bond donors (Lipinski definition) is 1. The molecule has 1 fully saturated rings. The van der Waals surface area contributed by atoms with E-state index in [1.807, 2.05) is 12.1 Å². The number of nitrogens with zero attached hydrogens (tertiary/aromatic N) is 1. The van der Waals surface area contributed by atoms with Crippen molar-refractivity contribution in [3.63, 3.8) is 0 Å². The Kier molecular flexibility index (Phi) is 8.61. The van der Waals surface area contributed by atoms with E-state index in [0.29, 0.717) is 30.0 Å². The number of piperidine rings is 1. The lowest BCUT2D eigenvalue weighted by Crippen LogP contribution is -2.48. The minimum atomic E-state index is -4.46. The average Bonchev–Trinajstić information content (AvgIpc) is 2.86. The van der Waals surface area contributed by atoms with Crippen molar-refractivity contribution >= 4 is 11.8 Å². The molecular weight excluding hydrogens is 465 g/mol. The highest BCUT2D eigenvalue weighted by Gasteiger charge is 2.35. The molecule has 0 aromatic heterocycles. The van der Waals surface area contributed by atoms with Crippen molar-refractivity contribution in [3.05, 3.63) is 59.2 Å². The highest BCUT2D eigenvalue weighted by atomic mass is 19.4. The molecular formula is C25H29F3N2O5. The standard InChI is InChI=1S/C25H29F3N2O5/c1-33-15-23(31)30-13-18(17-7-8-21(34-2)22(11-17)35-3)10-19(14-30)24(32)29-12-16-5-4-6-20(9-16)25(26,27)28/h4-9,11,18-19H,10,12-15H2,1-3H3,(H,29,32). The Morgan fingerprint density at radius 2 is 1.77 bits per heavy atom. The first kappa shape index (κ1) is 26.3. The van der Waals surface area contributed by atoms with Gasteiger partial charge in [0.25, 0.3) is 0 Å². The van der Waals surface area contributed by atoms with Crippen molar-refractivity contribution in [2.75, 3.05) is 41.0 Å². The van der Waals surface area contributed by atoms with Crippen LogP contribution in [0.2, 0.25) is 0 Å². The lowest BCUT2D eigenvalue weighted by molar-refractivity contribution is -0.139. The molecule has 1 aliphatic heterocycles. The van der Waals surface area contributed by atoms with Gasteiger partial charge in [-0.2, -0.15) is 13.2 Å². The van der Waals surface area contributed by atoms with Gasteiger partial charge in [-0.15, -0.1) is 0 Å². The maximum atomic E-state index is 13.0. The van der Waals surface area contributed by atoms with Gasteiger partial charge >= 0.3 is 6.18 Å². The summed E-state index contributed by atoms with van der Waals surface area (Å²) in [6, 6.07) is 10.3. The van der Waals surface area contributed by atoms with Gasteiger partial charge in [0.05, 0.1) is 25.7 Å². The van der Waals surface area contributed by atoms with Crippen molar-refractivity contribution < 1.29 is 37.0 Å². The number of hydrogen-bond acceptors (Lipinski definition) is 5. The van der Waals surface area contributed by atoms with Crippen molar-refractivity contribution in [2.45, 2.75) is 25.1 Å². The molecule has 0 radical (unpaired) electrons. The molecule has 10 heteroatoms. The summed E-state index contributed by atoms with van der Waals surface area (Å²) < 4.78 is 54.6. The van der Waals surface area contributed by atoms with E-state index in [4.69, 9.17) is 14.2 Å². The van der Waals surface area contributed by atoms with Crippen LogP contribution in [-0.4, -0.2) is 57.7 Å². The molecule has 0 bridgehead atoms. The predicted octanol–water partition coefficient (Wildman–Crippen LogP) is 3.62. The van der Waals surface area contributed by atoms with Gasteiger partial charge in [0.1, 0.15) is 6.61 Å². The quantitative estimate of drug-likeness (QED) is 0.607. The molecule has 2 aromatic carbocycles. The van der Waals surface area contributed by atoms with Gasteiger partial charge in [-0.25, -0.2) is 0 Å². The molecule has 1 aliphatic rings. The molecule has 1 heterocycles. The minimum absolute atomic E-state index is 0.0493. The van der Waals surface area contributed by atoms with E-state index in [-0.39, 0.29) is 37.4 Å². The molecule has 0 aliphatic carbocycles. The summed E-state index contributed by atoms with van der Waals surface area (Å²) in [7, 11) is 4.49. The Hall–Kier alpha value is -3.27. The second-order valence-corrected chi connectivity index (χ2v) is 8.39. The average molecular weight is 495 g/mol. The summed E-state index contributed by atoms with van der Waals surface area (Å²) in [5.41, 5.74) is 0.452. The number of alkyl halides is 3. The number of carbonyl (C=O) groups excluding carboxylic acids is 2. The maximum absolute atomic E-state index is 13.0. The fraction of sp³-hybridized carbons (Fsp3) is 0.440. The summed E-state index contributed by atoms with van der Waals surface area (Å²) in [5, 5.41) is 2.73. The van der Waals surface area contributed by atoms with Gasteiger partial charge in [0.2, 0.25) is 11.8 Å². The summed E-state index contributed by atoms with van der Waals surface area (Å²) in [6.07, 6.45) is -4.00. The fourth-order valence-corrected chi connectivity index (χ4v) is 4.25.